The van der Waals surface area contributed by atoms with E-state index in [0.717, 1.165) is 5.75 Å². The lowest BCUT2D eigenvalue weighted by atomic mass is 9.90. The van der Waals surface area contributed by atoms with Gasteiger partial charge in [-0.2, -0.15) is 0 Å². The summed E-state index contributed by atoms with van der Waals surface area (Å²) in [4.78, 5) is 0. The van der Waals surface area contributed by atoms with Gasteiger partial charge in [-0.3, -0.25) is 0 Å². The summed E-state index contributed by atoms with van der Waals surface area (Å²) in [5, 5.41) is 3.45. The molecule has 3 rings (SSSR count). The zero-order valence-electron chi connectivity index (χ0n) is 11.3. The number of hydrogen-bond donors (Lipinski definition) is 1. The molecule has 1 aliphatic rings. The number of aryl methyl sites for hydroxylation is 2. The molecular formula is C15H20N2O. The molecule has 2 aromatic rings. The number of fused-ring (bicyclic) bond motifs is 3. The van der Waals surface area contributed by atoms with E-state index in [-0.39, 0.29) is 0 Å². The summed E-state index contributed by atoms with van der Waals surface area (Å²) >= 11 is 0. The number of nitrogens with zero attached hydrogens (tertiary/aromatic N) is 1. The first-order valence-corrected chi connectivity index (χ1v) is 6.61. The minimum absolute atomic E-state index is 0.500. The van der Waals surface area contributed by atoms with Crippen molar-refractivity contribution in [3.8, 4) is 5.75 Å². The van der Waals surface area contributed by atoms with Crippen LogP contribution in [0, 0.1) is 6.92 Å². The van der Waals surface area contributed by atoms with E-state index in [2.05, 4.69) is 36.0 Å². The molecule has 1 atom stereocenters. The highest BCUT2D eigenvalue weighted by atomic mass is 16.5. The third kappa shape index (κ3) is 1.54. The minimum Gasteiger partial charge on any atom is -0.497 e. The number of methoxy groups -OCH3 is 1. The standard InChI is InChI=1S/C15H20N2O/c1-10-14-9-11(18-3)7-8-17(14)13-6-4-5-12(16-2)15(10)13/h7-9,12,16H,4-6H2,1-3H3. The van der Waals surface area contributed by atoms with Crippen LogP contribution in [0.2, 0.25) is 0 Å². The van der Waals surface area contributed by atoms with Gasteiger partial charge in [0, 0.05) is 24.0 Å². The number of nitrogens with one attached hydrogen (secondary N) is 1. The van der Waals surface area contributed by atoms with Crippen molar-refractivity contribution in [2.24, 2.45) is 0 Å². The van der Waals surface area contributed by atoms with Crippen molar-refractivity contribution in [3.05, 3.63) is 35.2 Å². The molecule has 18 heavy (non-hydrogen) atoms. The fourth-order valence-electron chi connectivity index (χ4n) is 3.24. The first-order chi connectivity index (χ1) is 8.76. The van der Waals surface area contributed by atoms with Gasteiger partial charge in [0.25, 0.3) is 0 Å². The predicted octanol–water partition coefficient (Wildman–Crippen LogP) is 2.85. The number of hydrogen-bond acceptors (Lipinski definition) is 2. The molecule has 3 heteroatoms. The number of aromatic nitrogens is 1. The molecule has 0 aliphatic heterocycles. The van der Waals surface area contributed by atoms with Gasteiger partial charge in [-0.05, 0) is 50.4 Å². The first kappa shape index (κ1) is 11.6. The van der Waals surface area contributed by atoms with Crippen molar-refractivity contribution >= 4 is 5.52 Å². The zero-order chi connectivity index (χ0) is 12.7. The summed E-state index contributed by atoms with van der Waals surface area (Å²) in [7, 11) is 3.78. The molecule has 0 aromatic carbocycles. The Labute approximate surface area is 108 Å². The summed E-state index contributed by atoms with van der Waals surface area (Å²) in [6.07, 6.45) is 5.81. The van der Waals surface area contributed by atoms with Gasteiger partial charge in [-0.15, -0.1) is 0 Å². The Kier molecular flexibility index (Phi) is 2.78. The van der Waals surface area contributed by atoms with E-state index in [0.29, 0.717) is 6.04 Å². The molecule has 0 spiro atoms. The fraction of sp³-hybridized carbons (Fsp3) is 0.467. The van der Waals surface area contributed by atoms with E-state index in [1.54, 1.807) is 7.11 Å². The largest absolute Gasteiger partial charge is 0.497 e. The Morgan fingerprint density at radius 1 is 1.44 bits per heavy atom. The normalized spacial score (nSPS) is 18.9. The Balaban J connectivity index is 2.27. The third-order valence-corrected chi connectivity index (χ3v) is 4.16. The maximum Gasteiger partial charge on any atom is 0.122 e. The van der Waals surface area contributed by atoms with Crippen molar-refractivity contribution in [1.82, 2.24) is 9.72 Å². The molecule has 1 unspecified atom stereocenters. The average Bonchev–Trinajstić information content (AvgIpc) is 2.72. The van der Waals surface area contributed by atoms with Crippen LogP contribution < -0.4 is 10.1 Å². The molecule has 0 saturated carbocycles. The van der Waals surface area contributed by atoms with Crippen molar-refractivity contribution in [2.75, 3.05) is 14.2 Å². The lowest BCUT2D eigenvalue weighted by Gasteiger charge is -2.23. The van der Waals surface area contributed by atoms with Gasteiger partial charge in [0.1, 0.15) is 5.75 Å². The smallest absolute Gasteiger partial charge is 0.122 e. The van der Waals surface area contributed by atoms with E-state index >= 15 is 0 Å². The molecule has 96 valence electrons. The minimum atomic E-state index is 0.500. The molecule has 0 radical (unpaired) electrons. The highest BCUT2D eigenvalue weighted by Gasteiger charge is 2.25. The lowest BCUT2D eigenvalue weighted by Crippen LogP contribution is -2.21. The summed E-state index contributed by atoms with van der Waals surface area (Å²) in [5.74, 6) is 0.932. The van der Waals surface area contributed by atoms with Crippen LogP contribution in [0.5, 0.6) is 5.75 Å². The fourth-order valence-corrected chi connectivity index (χ4v) is 3.24. The van der Waals surface area contributed by atoms with Crippen molar-refractivity contribution in [2.45, 2.75) is 32.2 Å². The van der Waals surface area contributed by atoms with Crippen LogP contribution in [0.25, 0.3) is 5.52 Å². The van der Waals surface area contributed by atoms with Crippen LogP contribution in [-0.2, 0) is 6.42 Å². The van der Waals surface area contributed by atoms with Crippen molar-refractivity contribution in [3.63, 3.8) is 0 Å². The van der Waals surface area contributed by atoms with E-state index in [4.69, 9.17) is 4.74 Å². The van der Waals surface area contributed by atoms with Crippen LogP contribution in [0.1, 0.15) is 35.7 Å². The molecular weight excluding hydrogens is 224 g/mol. The quantitative estimate of drug-likeness (QED) is 0.879. The van der Waals surface area contributed by atoms with Gasteiger partial charge < -0.3 is 14.5 Å². The molecule has 0 saturated heterocycles. The summed E-state index contributed by atoms with van der Waals surface area (Å²) in [6.45, 7) is 2.23. The second-order valence-corrected chi connectivity index (χ2v) is 5.04. The van der Waals surface area contributed by atoms with E-state index in [1.807, 2.05) is 6.07 Å². The maximum atomic E-state index is 5.33. The molecule has 0 amide bonds. The third-order valence-electron chi connectivity index (χ3n) is 4.16. The topological polar surface area (TPSA) is 25.7 Å². The molecule has 2 aromatic heterocycles. The Morgan fingerprint density at radius 2 is 2.28 bits per heavy atom. The van der Waals surface area contributed by atoms with Gasteiger partial charge in [0.15, 0.2) is 0 Å². The molecule has 0 bridgehead atoms. The summed E-state index contributed by atoms with van der Waals surface area (Å²) in [6, 6.07) is 4.68. The van der Waals surface area contributed by atoms with Crippen LogP contribution in [0.3, 0.4) is 0 Å². The van der Waals surface area contributed by atoms with E-state index in [1.165, 1.54) is 41.6 Å². The van der Waals surface area contributed by atoms with Crippen LogP contribution in [0.4, 0.5) is 0 Å². The van der Waals surface area contributed by atoms with Crippen LogP contribution in [0.15, 0.2) is 18.3 Å². The van der Waals surface area contributed by atoms with Crippen molar-refractivity contribution in [1.29, 1.82) is 0 Å². The second kappa shape index (κ2) is 4.32. The van der Waals surface area contributed by atoms with Gasteiger partial charge in [0.2, 0.25) is 0 Å². The molecule has 3 nitrogen and oxygen atoms in total. The van der Waals surface area contributed by atoms with Gasteiger partial charge >= 0.3 is 0 Å². The molecule has 1 N–H and O–H groups in total. The van der Waals surface area contributed by atoms with Gasteiger partial charge in [-0.1, -0.05) is 0 Å². The SMILES string of the molecule is CNC1CCCc2c1c(C)c1cc(OC)ccn21. The van der Waals surface area contributed by atoms with Crippen LogP contribution >= 0.6 is 0 Å². The summed E-state index contributed by atoms with van der Waals surface area (Å²) < 4.78 is 7.66. The second-order valence-electron chi connectivity index (χ2n) is 5.04. The highest BCUT2D eigenvalue weighted by molar-refractivity contribution is 5.64. The first-order valence-electron chi connectivity index (χ1n) is 6.61. The Hall–Kier alpha value is -1.48. The maximum absolute atomic E-state index is 5.33. The lowest BCUT2D eigenvalue weighted by molar-refractivity contribution is 0.414. The predicted molar refractivity (Wildman–Crippen MR) is 73.4 cm³/mol. The number of pyridine rings is 1. The monoisotopic (exact) mass is 244 g/mol. The molecule has 1 aliphatic carbocycles. The Bertz CT molecular complexity index is 586. The Morgan fingerprint density at radius 3 is 3.00 bits per heavy atom. The van der Waals surface area contributed by atoms with Gasteiger partial charge in [0.05, 0.1) is 12.6 Å². The molecule has 0 fully saturated rings. The average molecular weight is 244 g/mol. The van der Waals surface area contributed by atoms with Crippen molar-refractivity contribution < 1.29 is 4.74 Å². The highest BCUT2D eigenvalue weighted by Crippen LogP contribution is 2.36. The van der Waals surface area contributed by atoms with E-state index in [9.17, 15) is 0 Å². The van der Waals surface area contributed by atoms with E-state index < -0.39 is 0 Å². The summed E-state index contributed by atoms with van der Waals surface area (Å²) in [5.41, 5.74) is 5.64. The zero-order valence-corrected chi connectivity index (χ0v) is 11.3. The number of rotatable bonds is 2. The van der Waals surface area contributed by atoms with Crippen LogP contribution in [-0.4, -0.2) is 18.6 Å². The van der Waals surface area contributed by atoms with Gasteiger partial charge in [-0.25, -0.2) is 0 Å². The molecule has 2 heterocycles. The number of ether oxygens (including phenoxy) is 1.